The van der Waals surface area contributed by atoms with Crippen LogP contribution in [-0.4, -0.2) is 69.4 Å². The molecule has 0 aliphatic carbocycles. The van der Waals surface area contributed by atoms with Gasteiger partial charge in [0.05, 0.1) is 33.8 Å². The average Bonchev–Trinajstić information content (AvgIpc) is 3.41. The predicted molar refractivity (Wildman–Crippen MR) is 340 cm³/mol. The Morgan fingerprint density at radius 2 is 0.772 bits per heavy atom. The van der Waals surface area contributed by atoms with Gasteiger partial charge in [-0.05, 0) is 63.9 Å². The fourth-order valence-corrected chi connectivity index (χ4v) is 11.0. The lowest BCUT2D eigenvalue weighted by atomic mass is 10.0. The van der Waals surface area contributed by atoms with E-state index in [1.807, 2.05) is 33.3 Å². The largest absolute Gasteiger partial charge is 0.756 e. The standard InChI is InChI=1S/C69H133N2O7P/c1-7-10-13-16-19-22-25-28-30-32-34-35-37-39-41-44-47-50-53-56-59-62-69(73)78-67(60-57-54-51-48-45-42-27-24-21-18-15-12-9-3)66(65-77-79(74,75)76-64-63-71(4,5)6)70-68(72)61-58-55-52-49-46-43-40-38-36-33-31-29-26-23-20-17-14-11-8-2/h20,23,29,31,57,60,66-67H,7-19,21-22,24-28,30,32-56,58-59,61-65H2,1-6H3,(H-,70,72,74,75)/b23-20-,31-29-,60-57+. The van der Waals surface area contributed by atoms with Crippen LogP contribution in [0.2, 0.25) is 0 Å². The number of quaternary nitrogens is 1. The maximum absolute atomic E-state index is 13.6. The molecule has 0 aliphatic rings. The van der Waals surface area contributed by atoms with Crippen molar-refractivity contribution in [3.05, 3.63) is 36.5 Å². The number of nitrogens with zero attached hydrogens (tertiary/aromatic N) is 1. The first-order chi connectivity index (χ1) is 38.4. The summed E-state index contributed by atoms with van der Waals surface area (Å²) >= 11 is 0. The summed E-state index contributed by atoms with van der Waals surface area (Å²) in [5, 5.41) is 3.04. The van der Waals surface area contributed by atoms with Gasteiger partial charge in [0.2, 0.25) is 5.91 Å². The summed E-state index contributed by atoms with van der Waals surface area (Å²) in [6.07, 6.45) is 72.5. The zero-order chi connectivity index (χ0) is 57.9. The van der Waals surface area contributed by atoms with Crippen LogP contribution in [0.5, 0.6) is 0 Å². The van der Waals surface area contributed by atoms with Gasteiger partial charge in [0.1, 0.15) is 19.3 Å². The Bertz CT molecular complexity index is 1450. The molecular formula is C69H133N2O7P. The van der Waals surface area contributed by atoms with E-state index in [-0.39, 0.29) is 31.5 Å². The van der Waals surface area contributed by atoms with Crippen LogP contribution in [0.25, 0.3) is 0 Å². The highest BCUT2D eigenvalue weighted by molar-refractivity contribution is 7.45. The molecule has 0 aliphatic heterocycles. The molecule has 0 saturated heterocycles. The third-order valence-corrected chi connectivity index (χ3v) is 16.5. The second-order valence-corrected chi connectivity index (χ2v) is 26.1. The van der Waals surface area contributed by atoms with E-state index in [0.29, 0.717) is 17.4 Å². The van der Waals surface area contributed by atoms with Crippen molar-refractivity contribution in [3.63, 3.8) is 0 Å². The van der Waals surface area contributed by atoms with Crippen molar-refractivity contribution in [1.29, 1.82) is 0 Å². The monoisotopic (exact) mass is 1130 g/mol. The van der Waals surface area contributed by atoms with Crippen molar-refractivity contribution >= 4 is 19.7 Å². The number of ether oxygens (including phenoxy) is 1. The van der Waals surface area contributed by atoms with Crippen LogP contribution in [0.3, 0.4) is 0 Å². The number of nitrogens with one attached hydrogen (secondary N) is 1. The van der Waals surface area contributed by atoms with Crippen LogP contribution in [-0.2, 0) is 27.9 Å². The van der Waals surface area contributed by atoms with E-state index in [4.69, 9.17) is 13.8 Å². The number of amides is 1. The quantitative estimate of drug-likeness (QED) is 0.0212. The van der Waals surface area contributed by atoms with E-state index < -0.39 is 20.0 Å². The van der Waals surface area contributed by atoms with Gasteiger partial charge in [-0.3, -0.25) is 14.2 Å². The summed E-state index contributed by atoms with van der Waals surface area (Å²) in [7, 11) is 1.20. The number of hydrogen-bond donors (Lipinski definition) is 1. The summed E-state index contributed by atoms with van der Waals surface area (Å²) in [5.74, 6) is -0.527. The molecule has 0 rings (SSSR count). The van der Waals surface area contributed by atoms with Gasteiger partial charge in [-0.1, -0.05) is 302 Å². The predicted octanol–water partition coefficient (Wildman–Crippen LogP) is 20.8. The Morgan fingerprint density at radius 1 is 0.443 bits per heavy atom. The maximum atomic E-state index is 13.6. The average molecular weight is 1130 g/mol. The molecule has 0 aromatic heterocycles. The number of rotatable bonds is 63. The number of phosphoric acid groups is 1. The van der Waals surface area contributed by atoms with E-state index in [0.717, 1.165) is 77.0 Å². The second kappa shape index (κ2) is 59.4. The van der Waals surface area contributed by atoms with E-state index in [9.17, 15) is 19.0 Å². The Kier molecular flexibility index (Phi) is 58.1. The molecule has 1 N–H and O–H groups in total. The molecular weight excluding hydrogens is 1000 g/mol. The summed E-state index contributed by atoms with van der Waals surface area (Å²) in [6, 6.07) is -0.887. The van der Waals surface area contributed by atoms with Crippen molar-refractivity contribution in [3.8, 4) is 0 Å². The minimum atomic E-state index is -4.70. The van der Waals surface area contributed by atoms with Gasteiger partial charge in [-0.2, -0.15) is 0 Å². The third kappa shape index (κ3) is 60.6. The van der Waals surface area contributed by atoms with Gasteiger partial charge in [-0.25, -0.2) is 0 Å². The lowest BCUT2D eigenvalue weighted by molar-refractivity contribution is -0.870. The van der Waals surface area contributed by atoms with Crippen molar-refractivity contribution in [2.45, 2.75) is 354 Å². The third-order valence-electron chi connectivity index (χ3n) is 15.6. The highest BCUT2D eigenvalue weighted by Crippen LogP contribution is 2.38. The lowest BCUT2D eigenvalue weighted by Crippen LogP contribution is -2.47. The molecule has 0 fully saturated rings. The summed E-state index contributed by atoms with van der Waals surface area (Å²) in [6.45, 7) is 6.87. The first-order valence-electron chi connectivity index (χ1n) is 34.3. The summed E-state index contributed by atoms with van der Waals surface area (Å²) < 4.78 is 30.4. The van der Waals surface area contributed by atoms with Crippen LogP contribution in [0, 0.1) is 0 Å². The van der Waals surface area contributed by atoms with E-state index in [1.165, 1.54) is 231 Å². The molecule has 79 heavy (non-hydrogen) atoms. The lowest BCUT2D eigenvalue weighted by Gasteiger charge is -2.30. The topological polar surface area (TPSA) is 114 Å². The van der Waals surface area contributed by atoms with Crippen molar-refractivity contribution in [2.24, 2.45) is 0 Å². The van der Waals surface area contributed by atoms with Crippen LogP contribution < -0.4 is 10.2 Å². The smallest absolute Gasteiger partial charge is 0.306 e. The summed E-state index contributed by atoms with van der Waals surface area (Å²) in [5.41, 5.74) is 0. The number of hydrogen-bond acceptors (Lipinski definition) is 7. The maximum Gasteiger partial charge on any atom is 0.306 e. The number of carbonyl (C=O) groups is 2. The molecule has 9 nitrogen and oxygen atoms in total. The molecule has 0 aromatic rings. The molecule has 0 aromatic carbocycles. The molecule has 0 saturated carbocycles. The van der Waals surface area contributed by atoms with Crippen LogP contribution in [0.4, 0.5) is 0 Å². The van der Waals surface area contributed by atoms with Crippen molar-refractivity contribution < 1.29 is 37.3 Å². The molecule has 0 spiro atoms. The zero-order valence-corrected chi connectivity index (χ0v) is 54.2. The molecule has 0 heterocycles. The highest BCUT2D eigenvalue weighted by Gasteiger charge is 2.27. The number of allylic oxidation sites excluding steroid dienone is 5. The Balaban J connectivity index is 5.15. The number of likely N-dealkylation sites (N-methyl/N-ethyl adjacent to an activating group) is 1. The van der Waals surface area contributed by atoms with Crippen LogP contribution in [0.1, 0.15) is 342 Å². The minimum Gasteiger partial charge on any atom is -0.756 e. The first kappa shape index (κ1) is 77.2. The summed E-state index contributed by atoms with van der Waals surface area (Å²) in [4.78, 5) is 40.1. The normalized spacial score (nSPS) is 13.8. The molecule has 10 heteroatoms. The van der Waals surface area contributed by atoms with E-state index >= 15 is 0 Å². The second-order valence-electron chi connectivity index (χ2n) is 24.7. The Hall–Kier alpha value is -1.77. The number of esters is 1. The van der Waals surface area contributed by atoms with Crippen LogP contribution in [0.15, 0.2) is 36.5 Å². The van der Waals surface area contributed by atoms with Gasteiger partial charge in [0, 0.05) is 12.8 Å². The van der Waals surface area contributed by atoms with Gasteiger partial charge < -0.3 is 28.5 Å². The molecule has 466 valence electrons. The zero-order valence-electron chi connectivity index (χ0n) is 53.3. The van der Waals surface area contributed by atoms with Crippen molar-refractivity contribution in [2.75, 3.05) is 40.9 Å². The van der Waals surface area contributed by atoms with E-state index in [1.54, 1.807) is 0 Å². The van der Waals surface area contributed by atoms with Gasteiger partial charge in [0.25, 0.3) is 7.82 Å². The SMILES string of the molecule is CCCCC/C=C\C/C=C\CCCCCCCCCCCC(=O)NC(COP(=O)([O-])OCC[N+](C)(C)C)C(/C=C/CCCCCCCCCCCCC)OC(=O)CCCCCCCCCCCCCCCCCCCCCCC. The number of carbonyl (C=O) groups excluding carboxylic acids is 2. The Morgan fingerprint density at radius 3 is 1.16 bits per heavy atom. The molecule has 3 atom stereocenters. The van der Waals surface area contributed by atoms with E-state index in [2.05, 4.69) is 50.4 Å². The number of phosphoric ester groups is 1. The fourth-order valence-electron chi connectivity index (χ4n) is 10.3. The molecule has 0 radical (unpaired) electrons. The molecule has 3 unspecified atom stereocenters. The van der Waals surface area contributed by atoms with Gasteiger partial charge in [0.15, 0.2) is 0 Å². The Labute approximate surface area is 491 Å². The first-order valence-corrected chi connectivity index (χ1v) is 35.8. The molecule has 1 amide bonds. The van der Waals surface area contributed by atoms with Gasteiger partial charge >= 0.3 is 5.97 Å². The van der Waals surface area contributed by atoms with Gasteiger partial charge in [-0.15, -0.1) is 0 Å². The molecule has 0 bridgehead atoms. The van der Waals surface area contributed by atoms with Crippen molar-refractivity contribution in [1.82, 2.24) is 5.32 Å². The number of unbranched alkanes of at least 4 members (excludes halogenated alkanes) is 43. The minimum absolute atomic E-state index is 0.0206. The van der Waals surface area contributed by atoms with Crippen LogP contribution >= 0.6 is 7.82 Å². The highest BCUT2D eigenvalue weighted by atomic mass is 31.2. The fraction of sp³-hybridized carbons (Fsp3) is 0.884.